The first-order valence-electron chi connectivity index (χ1n) is 11.6. The number of benzene rings is 2. The van der Waals surface area contributed by atoms with Crippen LogP contribution in [0.25, 0.3) is 11.1 Å². The maximum Gasteiger partial charge on any atom is 0.412 e. The number of carboxylic acids is 1. The number of aliphatic carboxylic acids is 1. The third-order valence-electron chi connectivity index (χ3n) is 6.75. The minimum Gasteiger partial charge on any atom is -0.481 e. The Kier molecular flexibility index (Phi) is 5.98. The Bertz CT molecular complexity index is 1250. The predicted octanol–water partition coefficient (Wildman–Crippen LogP) is 3.76. The highest BCUT2D eigenvalue weighted by atomic mass is 16.5. The molecule has 2 aliphatic rings. The summed E-state index contributed by atoms with van der Waals surface area (Å²) in [4.78, 5) is 36.7. The van der Waals surface area contributed by atoms with Crippen molar-refractivity contribution in [2.45, 2.75) is 31.2 Å². The number of fused-ring (bicyclic) bond motifs is 3. The van der Waals surface area contributed by atoms with Crippen LogP contribution in [0.1, 0.15) is 46.7 Å². The van der Waals surface area contributed by atoms with Gasteiger partial charge in [0.05, 0.1) is 5.92 Å². The zero-order valence-electron chi connectivity index (χ0n) is 19.2. The van der Waals surface area contributed by atoms with Gasteiger partial charge in [-0.15, -0.1) is 0 Å². The van der Waals surface area contributed by atoms with Gasteiger partial charge in [0.25, 0.3) is 5.91 Å². The number of amides is 2. The molecule has 3 N–H and O–H groups in total. The molecule has 1 heterocycles. The predicted molar refractivity (Wildman–Crippen MR) is 128 cm³/mol. The standard InChI is InChI=1S/C26H26N4O5/c1-30-13-21(24(31)27-16-11-10-15(12-16)25(32)33)23(29-30)28-26(34)35-14-22-19-8-4-2-6-17(19)18-7-3-5-9-20(18)22/h2-9,13,15-16,22H,10-12,14H2,1H3,(H,27,31)(H,32,33)(H,28,29,34). The van der Waals surface area contributed by atoms with Crippen LogP contribution in [0.15, 0.2) is 54.7 Å². The van der Waals surface area contributed by atoms with Crippen molar-refractivity contribution in [2.75, 3.05) is 11.9 Å². The summed E-state index contributed by atoms with van der Waals surface area (Å²) >= 11 is 0. The first-order chi connectivity index (χ1) is 16.9. The van der Waals surface area contributed by atoms with Gasteiger partial charge in [0.1, 0.15) is 12.2 Å². The number of anilines is 1. The molecule has 1 aromatic heterocycles. The molecule has 9 nitrogen and oxygen atoms in total. The van der Waals surface area contributed by atoms with Crippen LogP contribution in [0.2, 0.25) is 0 Å². The van der Waals surface area contributed by atoms with Crippen LogP contribution in [-0.2, 0) is 16.6 Å². The molecular formula is C26H26N4O5. The lowest BCUT2D eigenvalue weighted by Gasteiger charge is -2.15. The Morgan fingerprint density at radius 3 is 2.34 bits per heavy atom. The van der Waals surface area contributed by atoms with Crippen LogP contribution in [0.3, 0.4) is 0 Å². The summed E-state index contributed by atoms with van der Waals surface area (Å²) in [6.07, 6.45) is 2.32. The number of rotatable bonds is 6. The van der Waals surface area contributed by atoms with Crippen molar-refractivity contribution in [2.24, 2.45) is 13.0 Å². The normalized spacial score (nSPS) is 18.5. The van der Waals surface area contributed by atoms with Crippen molar-refractivity contribution in [3.63, 3.8) is 0 Å². The molecule has 0 saturated heterocycles. The number of carboxylic acid groups (broad SMARTS) is 1. The molecule has 5 rings (SSSR count). The molecule has 2 aliphatic carbocycles. The quantitative estimate of drug-likeness (QED) is 0.500. The SMILES string of the molecule is Cn1cc(C(=O)NC2CCC(C(=O)O)C2)c(NC(=O)OCC2c3ccccc3-c3ccccc32)n1. The number of carbonyl (C=O) groups excluding carboxylic acids is 2. The lowest BCUT2D eigenvalue weighted by Crippen LogP contribution is -2.33. The third kappa shape index (κ3) is 4.49. The number of aryl methyl sites for hydroxylation is 1. The van der Waals surface area contributed by atoms with Gasteiger partial charge >= 0.3 is 12.1 Å². The summed E-state index contributed by atoms with van der Waals surface area (Å²) in [5.74, 6) is -1.70. The van der Waals surface area contributed by atoms with Crippen molar-refractivity contribution in [3.05, 3.63) is 71.4 Å². The van der Waals surface area contributed by atoms with Crippen molar-refractivity contribution < 1.29 is 24.2 Å². The van der Waals surface area contributed by atoms with E-state index in [2.05, 4.69) is 27.9 Å². The van der Waals surface area contributed by atoms with Crippen molar-refractivity contribution >= 4 is 23.8 Å². The number of aromatic nitrogens is 2. The second-order valence-corrected chi connectivity index (χ2v) is 9.03. The topological polar surface area (TPSA) is 123 Å². The molecule has 35 heavy (non-hydrogen) atoms. The Hall–Kier alpha value is -4.14. The van der Waals surface area contributed by atoms with E-state index < -0.39 is 23.9 Å². The number of ether oxygens (including phenoxy) is 1. The smallest absolute Gasteiger partial charge is 0.412 e. The summed E-state index contributed by atoms with van der Waals surface area (Å²) < 4.78 is 7.00. The van der Waals surface area contributed by atoms with Gasteiger partial charge < -0.3 is 15.2 Å². The fourth-order valence-corrected chi connectivity index (χ4v) is 5.08. The fourth-order valence-electron chi connectivity index (χ4n) is 5.08. The maximum atomic E-state index is 12.8. The Morgan fingerprint density at radius 1 is 1.06 bits per heavy atom. The molecule has 0 radical (unpaired) electrons. The first-order valence-corrected chi connectivity index (χ1v) is 11.6. The number of carbonyl (C=O) groups is 3. The fraction of sp³-hybridized carbons (Fsp3) is 0.308. The molecule has 0 spiro atoms. The number of nitrogens with one attached hydrogen (secondary N) is 2. The average molecular weight is 475 g/mol. The zero-order valence-corrected chi connectivity index (χ0v) is 19.2. The van der Waals surface area contributed by atoms with Gasteiger partial charge in [0.2, 0.25) is 0 Å². The summed E-state index contributed by atoms with van der Waals surface area (Å²) in [5, 5.41) is 18.8. The maximum absolute atomic E-state index is 12.8. The molecule has 0 bridgehead atoms. The summed E-state index contributed by atoms with van der Waals surface area (Å²) in [5.41, 5.74) is 4.68. The molecular weight excluding hydrogens is 448 g/mol. The van der Waals surface area contributed by atoms with E-state index in [1.54, 1.807) is 7.05 Å². The van der Waals surface area contributed by atoms with Crippen molar-refractivity contribution in [1.82, 2.24) is 15.1 Å². The monoisotopic (exact) mass is 474 g/mol. The molecule has 0 aliphatic heterocycles. The molecule has 180 valence electrons. The van der Waals surface area contributed by atoms with Crippen LogP contribution in [-0.4, -0.2) is 45.5 Å². The van der Waals surface area contributed by atoms with Gasteiger partial charge in [-0.05, 0) is 41.5 Å². The third-order valence-corrected chi connectivity index (χ3v) is 6.75. The largest absolute Gasteiger partial charge is 0.481 e. The number of nitrogens with zero attached hydrogens (tertiary/aromatic N) is 2. The van der Waals surface area contributed by atoms with E-state index in [1.807, 2.05) is 36.4 Å². The first kappa shape index (κ1) is 22.6. The van der Waals surface area contributed by atoms with Crippen molar-refractivity contribution in [3.8, 4) is 11.1 Å². The van der Waals surface area contributed by atoms with E-state index in [9.17, 15) is 19.5 Å². The van der Waals surface area contributed by atoms with Crippen LogP contribution < -0.4 is 10.6 Å². The van der Waals surface area contributed by atoms with E-state index in [4.69, 9.17) is 4.74 Å². The van der Waals surface area contributed by atoms with Crippen LogP contribution >= 0.6 is 0 Å². The second-order valence-electron chi connectivity index (χ2n) is 9.03. The molecule has 2 atom stereocenters. The lowest BCUT2D eigenvalue weighted by molar-refractivity contribution is -0.141. The van der Waals surface area contributed by atoms with Crippen molar-refractivity contribution in [1.29, 1.82) is 0 Å². The lowest BCUT2D eigenvalue weighted by atomic mass is 9.98. The Morgan fingerprint density at radius 2 is 1.71 bits per heavy atom. The highest BCUT2D eigenvalue weighted by Crippen LogP contribution is 2.44. The van der Waals surface area contributed by atoms with E-state index in [1.165, 1.54) is 10.9 Å². The molecule has 1 fully saturated rings. The van der Waals surface area contributed by atoms with Gasteiger partial charge in [-0.3, -0.25) is 19.6 Å². The van der Waals surface area contributed by atoms with Gasteiger partial charge in [-0.2, -0.15) is 5.10 Å². The summed E-state index contributed by atoms with van der Waals surface area (Å²) in [7, 11) is 1.65. The zero-order chi connectivity index (χ0) is 24.5. The summed E-state index contributed by atoms with van der Waals surface area (Å²) in [6, 6.07) is 15.9. The summed E-state index contributed by atoms with van der Waals surface area (Å²) in [6.45, 7) is 0.146. The molecule has 1 saturated carbocycles. The second kappa shape index (κ2) is 9.25. The number of hydrogen-bond donors (Lipinski definition) is 3. The molecule has 9 heteroatoms. The van der Waals surface area contributed by atoms with E-state index in [0.717, 1.165) is 22.3 Å². The van der Waals surface area contributed by atoms with Crippen LogP contribution in [0, 0.1) is 5.92 Å². The average Bonchev–Trinajstić information content (AvgIpc) is 3.54. The van der Waals surface area contributed by atoms with Gasteiger partial charge in [-0.25, -0.2) is 4.79 Å². The van der Waals surface area contributed by atoms with Gasteiger partial charge in [-0.1, -0.05) is 48.5 Å². The minimum absolute atomic E-state index is 0.0794. The molecule has 2 aromatic carbocycles. The van der Waals surface area contributed by atoms with Gasteiger partial charge in [0, 0.05) is 25.2 Å². The Labute approximate surface area is 202 Å². The number of hydrogen-bond acceptors (Lipinski definition) is 5. The van der Waals surface area contributed by atoms with E-state index >= 15 is 0 Å². The van der Waals surface area contributed by atoms with Crippen LogP contribution in [0.4, 0.5) is 10.6 Å². The minimum atomic E-state index is -0.847. The van der Waals surface area contributed by atoms with E-state index in [-0.39, 0.29) is 29.9 Å². The van der Waals surface area contributed by atoms with Crippen LogP contribution in [0.5, 0.6) is 0 Å². The van der Waals surface area contributed by atoms with Gasteiger partial charge in [0.15, 0.2) is 5.82 Å². The van der Waals surface area contributed by atoms with E-state index in [0.29, 0.717) is 19.3 Å². The molecule has 2 unspecified atom stereocenters. The molecule has 2 amide bonds. The highest BCUT2D eigenvalue weighted by molar-refractivity contribution is 6.01. The molecule has 3 aromatic rings. The highest BCUT2D eigenvalue weighted by Gasteiger charge is 2.32. The Balaban J connectivity index is 1.24.